The Kier molecular flexibility index (Phi) is 4.13. The largest absolute Gasteiger partial charge is 0.268 e. The van der Waals surface area contributed by atoms with Crippen molar-refractivity contribution in [1.82, 2.24) is 9.78 Å². The van der Waals surface area contributed by atoms with Crippen molar-refractivity contribution in [3.63, 3.8) is 0 Å². The maximum Gasteiger partial charge on any atom is 0.265 e. The molecule has 16 heavy (non-hydrogen) atoms. The maximum absolute atomic E-state index is 11.5. The lowest BCUT2D eigenvalue weighted by Crippen LogP contribution is -2.35. The van der Waals surface area contributed by atoms with Gasteiger partial charge < -0.3 is 0 Å². The Balaban J connectivity index is 2.99. The summed E-state index contributed by atoms with van der Waals surface area (Å²) in [6, 6.07) is 2.55. The molecule has 1 N–H and O–H groups in total. The van der Waals surface area contributed by atoms with Gasteiger partial charge in [0.25, 0.3) is 11.1 Å². The van der Waals surface area contributed by atoms with Gasteiger partial charge in [0.15, 0.2) is 0 Å². The van der Waals surface area contributed by atoms with Crippen molar-refractivity contribution in [3.05, 3.63) is 32.8 Å². The molecule has 5 heteroatoms. The molecule has 4 nitrogen and oxygen atoms in total. The Labute approximate surface area is 103 Å². The average Bonchev–Trinajstić information content (AvgIpc) is 2.17. The zero-order valence-electron chi connectivity index (χ0n) is 9.79. The monoisotopic (exact) mass is 288 g/mol. The number of hydrogen-bond donors (Lipinski definition) is 1. The first-order valence-electron chi connectivity index (χ1n) is 5.20. The summed E-state index contributed by atoms with van der Waals surface area (Å²) in [5.74, 6) is 0.281. The van der Waals surface area contributed by atoms with Crippen LogP contribution in [0, 0.1) is 11.3 Å². The van der Waals surface area contributed by atoms with Crippen molar-refractivity contribution in [2.24, 2.45) is 11.3 Å². The van der Waals surface area contributed by atoms with E-state index in [0.717, 1.165) is 5.33 Å². The summed E-state index contributed by atoms with van der Waals surface area (Å²) in [5.41, 5.74) is -0.341. The third kappa shape index (κ3) is 3.33. The minimum atomic E-state index is -0.248. The van der Waals surface area contributed by atoms with Crippen LogP contribution in [-0.4, -0.2) is 15.1 Å². The molecule has 0 aliphatic rings. The molecule has 0 amide bonds. The minimum absolute atomic E-state index is 0.0790. The number of aromatic nitrogens is 2. The quantitative estimate of drug-likeness (QED) is 0.859. The van der Waals surface area contributed by atoms with Gasteiger partial charge in [0.1, 0.15) is 0 Å². The molecule has 0 aromatic carbocycles. The third-order valence-electron chi connectivity index (χ3n) is 2.70. The Morgan fingerprint density at radius 2 is 2.00 bits per heavy atom. The number of rotatable bonds is 3. The highest BCUT2D eigenvalue weighted by Crippen LogP contribution is 2.28. The molecule has 0 aliphatic heterocycles. The first kappa shape index (κ1) is 13.2. The van der Waals surface area contributed by atoms with E-state index in [2.05, 4.69) is 41.8 Å². The van der Waals surface area contributed by atoms with Crippen molar-refractivity contribution >= 4 is 15.9 Å². The minimum Gasteiger partial charge on any atom is -0.268 e. The number of hydrogen-bond acceptors (Lipinski definition) is 2. The summed E-state index contributed by atoms with van der Waals surface area (Å²) in [5, 5.41) is 3.33. The second kappa shape index (κ2) is 4.99. The topological polar surface area (TPSA) is 54.9 Å². The second-order valence-electron chi connectivity index (χ2n) is 4.98. The Morgan fingerprint density at radius 3 is 2.50 bits per heavy atom. The number of aromatic amines is 1. The van der Waals surface area contributed by atoms with Gasteiger partial charge >= 0.3 is 0 Å². The molecule has 0 spiro atoms. The van der Waals surface area contributed by atoms with E-state index < -0.39 is 0 Å². The molecule has 1 unspecified atom stereocenters. The van der Waals surface area contributed by atoms with Crippen molar-refractivity contribution in [3.8, 4) is 0 Å². The number of nitrogens with one attached hydrogen (secondary N) is 1. The van der Waals surface area contributed by atoms with Gasteiger partial charge in [0.05, 0.1) is 0 Å². The van der Waals surface area contributed by atoms with Crippen LogP contribution in [0.4, 0.5) is 0 Å². The Bertz CT molecular complexity index is 456. The molecular weight excluding hydrogens is 272 g/mol. The van der Waals surface area contributed by atoms with E-state index in [4.69, 9.17) is 0 Å². The molecule has 0 saturated heterocycles. The van der Waals surface area contributed by atoms with Gasteiger partial charge in [-0.2, -0.15) is 0 Å². The van der Waals surface area contributed by atoms with Crippen molar-refractivity contribution in [1.29, 1.82) is 0 Å². The van der Waals surface area contributed by atoms with E-state index in [9.17, 15) is 9.59 Å². The zero-order valence-corrected chi connectivity index (χ0v) is 11.4. The molecule has 1 aromatic heterocycles. The lowest BCUT2D eigenvalue weighted by Gasteiger charge is -2.29. The molecule has 1 rings (SSSR count). The van der Waals surface area contributed by atoms with Gasteiger partial charge in [0.2, 0.25) is 0 Å². The van der Waals surface area contributed by atoms with Crippen molar-refractivity contribution < 1.29 is 0 Å². The lowest BCUT2D eigenvalue weighted by atomic mass is 9.82. The molecule has 0 radical (unpaired) electrons. The SMILES string of the molecule is CC(C)(C)C(CBr)Cn1[nH]c(=O)ccc1=O. The Hall–Kier alpha value is -0.840. The highest BCUT2D eigenvalue weighted by molar-refractivity contribution is 9.09. The average molecular weight is 289 g/mol. The number of alkyl halides is 1. The normalized spacial score (nSPS) is 13.8. The van der Waals surface area contributed by atoms with Crippen LogP contribution < -0.4 is 11.1 Å². The van der Waals surface area contributed by atoms with E-state index in [1.807, 2.05) is 0 Å². The molecule has 0 bridgehead atoms. The van der Waals surface area contributed by atoms with Gasteiger partial charge in [-0.3, -0.25) is 14.7 Å². The molecule has 90 valence electrons. The van der Waals surface area contributed by atoms with Crippen molar-refractivity contribution in [2.75, 3.05) is 5.33 Å². The van der Waals surface area contributed by atoms with Gasteiger partial charge in [-0.15, -0.1) is 0 Å². The summed E-state index contributed by atoms with van der Waals surface area (Å²) in [6.07, 6.45) is 0. The van der Waals surface area contributed by atoms with Crippen LogP contribution in [0.3, 0.4) is 0 Å². The predicted octanol–water partition coefficient (Wildman–Crippen LogP) is 1.59. The fraction of sp³-hybridized carbons (Fsp3) is 0.636. The summed E-state index contributed by atoms with van der Waals surface area (Å²) < 4.78 is 1.37. The molecule has 1 aromatic rings. The van der Waals surface area contributed by atoms with Crippen molar-refractivity contribution in [2.45, 2.75) is 27.3 Å². The smallest absolute Gasteiger partial charge is 0.265 e. The zero-order chi connectivity index (χ0) is 12.3. The molecule has 1 atom stereocenters. The molecule has 0 saturated carbocycles. The van der Waals surface area contributed by atoms with Crippen LogP contribution in [-0.2, 0) is 6.54 Å². The van der Waals surface area contributed by atoms with E-state index in [-0.39, 0.29) is 22.5 Å². The standard InChI is InChI=1S/C11H17BrN2O2/c1-11(2,3)8(6-12)7-14-10(16)5-4-9(15)13-14/h4-5,8H,6-7H2,1-3H3,(H,13,15). The van der Waals surface area contributed by atoms with E-state index in [1.54, 1.807) is 0 Å². The predicted molar refractivity (Wildman–Crippen MR) is 68.1 cm³/mol. The van der Waals surface area contributed by atoms with Crippen LogP contribution >= 0.6 is 15.9 Å². The molecule has 0 fully saturated rings. The van der Waals surface area contributed by atoms with Crippen LogP contribution in [0.1, 0.15) is 20.8 Å². The highest BCUT2D eigenvalue weighted by atomic mass is 79.9. The summed E-state index contributed by atoms with van der Waals surface area (Å²) in [4.78, 5) is 22.7. The van der Waals surface area contributed by atoms with E-state index in [1.165, 1.54) is 16.8 Å². The van der Waals surface area contributed by atoms with E-state index >= 15 is 0 Å². The first-order valence-corrected chi connectivity index (χ1v) is 6.33. The molecule has 0 aliphatic carbocycles. The van der Waals surface area contributed by atoms with Gasteiger partial charge in [-0.05, 0) is 11.3 Å². The van der Waals surface area contributed by atoms with Crippen LogP contribution in [0.15, 0.2) is 21.7 Å². The number of halogens is 1. The fourth-order valence-electron chi connectivity index (χ4n) is 1.37. The number of nitrogens with zero attached hydrogens (tertiary/aromatic N) is 1. The lowest BCUT2D eigenvalue weighted by molar-refractivity contribution is 0.228. The molecule has 1 heterocycles. The van der Waals surface area contributed by atoms with Crippen LogP contribution in [0.5, 0.6) is 0 Å². The molecular formula is C11H17BrN2O2. The van der Waals surface area contributed by atoms with Gasteiger partial charge in [-0.1, -0.05) is 36.7 Å². The van der Waals surface area contributed by atoms with Gasteiger partial charge in [-0.25, -0.2) is 4.68 Å². The fourth-order valence-corrected chi connectivity index (χ4v) is 2.55. The number of H-pyrrole nitrogens is 1. The Morgan fingerprint density at radius 1 is 1.38 bits per heavy atom. The second-order valence-corrected chi connectivity index (χ2v) is 5.62. The summed E-state index contributed by atoms with van der Waals surface area (Å²) >= 11 is 3.44. The van der Waals surface area contributed by atoms with Crippen LogP contribution in [0.25, 0.3) is 0 Å². The highest BCUT2D eigenvalue weighted by Gasteiger charge is 2.24. The maximum atomic E-state index is 11.5. The summed E-state index contributed by atoms with van der Waals surface area (Å²) in [7, 11) is 0. The third-order valence-corrected chi connectivity index (χ3v) is 3.48. The van der Waals surface area contributed by atoms with Gasteiger partial charge in [0, 0.05) is 24.0 Å². The first-order chi connectivity index (χ1) is 7.34. The van der Waals surface area contributed by atoms with E-state index in [0.29, 0.717) is 6.54 Å². The summed E-state index contributed by atoms with van der Waals surface area (Å²) in [6.45, 7) is 6.87. The van der Waals surface area contributed by atoms with Crippen LogP contribution in [0.2, 0.25) is 0 Å².